The normalized spacial score (nSPS) is 22.0. The van der Waals surface area contributed by atoms with E-state index in [-0.39, 0.29) is 30.7 Å². The van der Waals surface area contributed by atoms with Crippen LogP contribution in [0.15, 0.2) is 20.0 Å². The molecule has 0 aromatic heterocycles. The second kappa shape index (κ2) is 15.5. The average molecular weight is 553 g/mol. The van der Waals surface area contributed by atoms with E-state index >= 15 is 0 Å². The minimum absolute atomic E-state index is 0. The van der Waals surface area contributed by atoms with Gasteiger partial charge >= 0.3 is 184 Å². The van der Waals surface area contributed by atoms with Gasteiger partial charge in [-0.3, -0.25) is 0 Å². The molecule has 0 bridgehead atoms. The molecule has 0 aromatic carbocycles. The molecule has 6 heteroatoms. The number of halogens is 2. The van der Waals surface area contributed by atoms with Crippen molar-refractivity contribution in [1.82, 2.24) is 3.26 Å². The van der Waals surface area contributed by atoms with Gasteiger partial charge in [-0.15, -0.1) is 0 Å². The molecule has 0 saturated heterocycles. The van der Waals surface area contributed by atoms with E-state index in [1.807, 2.05) is 0 Å². The van der Waals surface area contributed by atoms with Crippen molar-refractivity contribution >= 4 is 11.8 Å². The van der Waals surface area contributed by atoms with Gasteiger partial charge in [-0.05, 0) is 0 Å². The molecule has 0 aromatic rings. The standard InChI is InChI=1S/C13H25NO.C9H13.C2H7Si.2ClH.Zr/c14-13(15)12-10-8-6-4-2-1-3-5-7-9-11-12;1-6-5-7(2)9(4)8(6)3;1-3-2;;;/h12H,1-11H2,(H2,14,15);6H,1-4H3;3H,1-2H3;2*1H;/q;;;;;+3/p-3. The van der Waals surface area contributed by atoms with Gasteiger partial charge in [0.25, 0.3) is 0 Å². The van der Waals surface area contributed by atoms with Crippen LogP contribution in [-0.2, 0) is 26.0 Å². The van der Waals surface area contributed by atoms with Gasteiger partial charge in [-0.25, -0.2) is 0 Å². The van der Waals surface area contributed by atoms with Crippen LogP contribution in [0.5, 0.6) is 0 Å². The number of hydrogen-bond donors (Lipinski definition) is 1. The second-order valence-electron chi connectivity index (χ2n) is 9.58. The summed E-state index contributed by atoms with van der Waals surface area (Å²) in [7, 11) is 0. The molecule has 1 N–H and O–H groups in total. The zero-order valence-corrected chi connectivity index (χ0v) is 25.3. The van der Waals surface area contributed by atoms with Crippen LogP contribution in [0.4, 0.5) is 0 Å². The van der Waals surface area contributed by atoms with Crippen LogP contribution >= 0.6 is 0 Å². The average Bonchev–Trinajstić information content (AvgIpc) is 2.83. The molecule has 2 nitrogen and oxygen atoms in total. The number of amides is 1. The maximum atomic E-state index is 13.4. The van der Waals surface area contributed by atoms with Crippen LogP contribution in [-0.4, -0.2) is 11.8 Å². The molecule has 2 rings (SSSR count). The van der Waals surface area contributed by atoms with E-state index in [1.54, 1.807) is 8.85 Å². The predicted molar refractivity (Wildman–Crippen MR) is 122 cm³/mol. The maximum absolute atomic E-state index is 13.4. The summed E-state index contributed by atoms with van der Waals surface area (Å²) in [5.74, 6) is 0.427. The Morgan fingerprint density at radius 1 is 0.833 bits per heavy atom. The Hall–Kier alpha value is 0.630. The topological polar surface area (TPSA) is 29.1 Å². The van der Waals surface area contributed by atoms with Gasteiger partial charge in [0, 0.05) is 0 Å². The van der Waals surface area contributed by atoms with E-state index in [0.29, 0.717) is 11.8 Å². The number of hydrogen-bond acceptors (Lipinski definition) is 1. The van der Waals surface area contributed by atoms with Crippen molar-refractivity contribution in [2.24, 2.45) is 11.8 Å². The Bertz CT molecular complexity index is 594. The molecular formula is C24H44Cl2NOSiZr. The molecule has 2 aliphatic rings. The van der Waals surface area contributed by atoms with Crippen LogP contribution < -0.4 is 28.1 Å². The van der Waals surface area contributed by atoms with Gasteiger partial charge in [-0.2, -0.15) is 0 Å². The number of carbonyl (C=O) groups is 1. The molecule has 30 heavy (non-hydrogen) atoms. The molecule has 0 spiro atoms. The Morgan fingerprint density at radius 2 is 1.27 bits per heavy atom. The van der Waals surface area contributed by atoms with E-state index in [2.05, 4.69) is 44.0 Å². The van der Waals surface area contributed by atoms with E-state index in [0.717, 1.165) is 12.8 Å². The number of allylic oxidation sites excluding steroid dienone is 4. The van der Waals surface area contributed by atoms with E-state index in [4.69, 9.17) is 0 Å². The van der Waals surface area contributed by atoms with Gasteiger partial charge in [0.2, 0.25) is 0 Å². The second-order valence-corrected chi connectivity index (χ2v) is 27.8. The molecule has 0 heterocycles. The summed E-state index contributed by atoms with van der Waals surface area (Å²) >= 11 is -2.06. The monoisotopic (exact) mass is 550 g/mol. The van der Waals surface area contributed by atoms with Crippen LogP contribution in [0.1, 0.15) is 98.3 Å². The molecule has 0 radical (unpaired) electrons. The van der Waals surface area contributed by atoms with Gasteiger partial charge < -0.3 is 24.8 Å². The summed E-state index contributed by atoms with van der Waals surface area (Å²) in [5.41, 5.74) is 4.57. The largest absolute Gasteiger partial charge is 1.00 e. The van der Waals surface area contributed by atoms with Crippen LogP contribution in [0.2, 0.25) is 13.1 Å². The first kappa shape index (κ1) is 30.6. The number of nitrogens with one attached hydrogen (secondary N) is 1. The quantitative estimate of drug-likeness (QED) is 0.514. The van der Waals surface area contributed by atoms with Crippen molar-refractivity contribution in [2.45, 2.75) is 111 Å². The van der Waals surface area contributed by atoms with Gasteiger partial charge in [0.05, 0.1) is 0 Å². The molecule has 173 valence electrons. The predicted octanol–water partition coefficient (Wildman–Crippen LogP) is 0.808. The molecular weight excluding hydrogens is 508 g/mol. The molecule has 1 amide bonds. The minimum Gasteiger partial charge on any atom is -1.00 e. The van der Waals surface area contributed by atoms with Crippen molar-refractivity contribution in [1.29, 1.82) is 0 Å². The molecule has 1 saturated carbocycles. The third kappa shape index (κ3) is 8.53. The summed E-state index contributed by atoms with van der Waals surface area (Å²) < 4.78 is 5.49. The van der Waals surface area contributed by atoms with Crippen molar-refractivity contribution in [2.75, 3.05) is 0 Å². The SMILES string of the molecule is CC1=C(C)C(C)[C]([Zr+2]([NH]C(=O)C2CCCCCCCCCCC2)[SiH](C)C)=C1C.[Cl-].[Cl-]. The van der Waals surface area contributed by atoms with Crippen molar-refractivity contribution in [3.05, 3.63) is 20.0 Å². The third-order valence-corrected chi connectivity index (χ3v) is 24.3. The van der Waals surface area contributed by atoms with E-state index in [1.165, 1.54) is 68.9 Å². The zero-order valence-electron chi connectivity index (χ0n) is 20.2. The molecule has 1 atom stereocenters. The number of carbonyl (C=O) groups excluding carboxylic acids is 1. The van der Waals surface area contributed by atoms with Crippen LogP contribution in [0.3, 0.4) is 0 Å². The van der Waals surface area contributed by atoms with Crippen molar-refractivity contribution in [3.8, 4) is 0 Å². The minimum atomic E-state index is -2.06. The molecule has 1 fully saturated rings. The van der Waals surface area contributed by atoms with E-state index < -0.39 is 27.1 Å². The Balaban J connectivity index is 0.00000420. The molecule has 2 aliphatic carbocycles. The first-order valence-corrected chi connectivity index (χ1v) is 21.5. The van der Waals surface area contributed by atoms with Crippen LogP contribution in [0.25, 0.3) is 0 Å². The Morgan fingerprint density at radius 3 is 1.63 bits per heavy atom. The number of rotatable bonds is 4. The first-order valence-electron chi connectivity index (χ1n) is 11.9. The van der Waals surface area contributed by atoms with E-state index in [9.17, 15) is 4.79 Å². The zero-order chi connectivity index (χ0) is 20.7. The van der Waals surface area contributed by atoms with Gasteiger partial charge in [0.15, 0.2) is 0 Å². The van der Waals surface area contributed by atoms with Crippen molar-refractivity contribution in [3.63, 3.8) is 0 Å². The smallest absolute Gasteiger partial charge is 1.00 e. The molecule has 1 unspecified atom stereocenters. The fourth-order valence-electron chi connectivity index (χ4n) is 4.98. The Labute approximate surface area is 208 Å². The summed E-state index contributed by atoms with van der Waals surface area (Å²) in [6.45, 7) is 14.2. The summed E-state index contributed by atoms with van der Waals surface area (Å²) in [6, 6.07) is 0. The maximum Gasteiger partial charge on any atom is -1.00 e. The van der Waals surface area contributed by atoms with Gasteiger partial charge in [0.1, 0.15) is 0 Å². The third-order valence-electron chi connectivity index (χ3n) is 7.24. The summed E-state index contributed by atoms with van der Waals surface area (Å²) in [5, 5.41) is 0. The Kier molecular flexibility index (Phi) is 15.8. The summed E-state index contributed by atoms with van der Waals surface area (Å²) in [6.07, 6.45) is 14.3. The van der Waals surface area contributed by atoms with Crippen LogP contribution in [0, 0.1) is 11.8 Å². The fourth-order valence-corrected chi connectivity index (χ4v) is 20.8. The first-order chi connectivity index (χ1) is 13.3. The summed E-state index contributed by atoms with van der Waals surface area (Å²) in [4.78, 5) is 13.4. The van der Waals surface area contributed by atoms with Gasteiger partial charge in [-0.1, -0.05) is 0 Å². The molecule has 0 aliphatic heterocycles. The van der Waals surface area contributed by atoms with Crippen molar-refractivity contribution < 1.29 is 50.8 Å². The fraction of sp³-hybridized carbons (Fsp3) is 0.792.